The van der Waals surface area contributed by atoms with E-state index in [4.69, 9.17) is 4.74 Å². The quantitative estimate of drug-likeness (QED) is 0.139. The van der Waals surface area contributed by atoms with E-state index in [0.717, 1.165) is 23.1 Å². The van der Waals surface area contributed by atoms with Crippen molar-refractivity contribution in [3.63, 3.8) is 0 Å². The molecule has 4 aromatic carbocycles. The number of imide groups is 2. The normalized spacial score (nSPS) is 15.5. The lowest BCUT2D eigenvalue weighted by molar-refractivity contribution is -0.138. The predicted molar refractivity (Wildman–Crippen MR) is 189 cm³/mol. The van der Waals surface area contributed by atoms with E-state index in [1.807, 2.05) is 11.0 Å². The van der Waals surface area contributed by atoms with E-state index in [1.54, 1.807) is 35.9 Å². The van der Waals surface area contributed by atoms with Crippen molar-refractivity contribution in [2.45, 2.75) is 32.5 Å². The topological polar surface area (TPSA) is 143 Å². The molecule has 2 aliphatic heterocycles. The summed E-state index contributed by atoms with van der Waals surface area (Å²) in [4.78, 5) is 70.3. The number of imidazole rings is 1. The highest BCUT2D eigenvalue weighted by Gasteiger charge is 2.44. The first-order valence-electron chi connectivity index (χ1n) is 16.2. The van der Waals surface area contributed by atoms with Crippen LogP contribution in [0.4, 0.5) is 29.2 Å². The molecule has 12 nitrogen and oxygen atoms in total. The minimum atomic E-state index is -4.65. The predicted octanol–water partition coefficient (Wildman–Crippen LogP) is 5.99. The van der Waals surface area contributed by atoms with Crippen molar-refractivity contribution in [3.8, 4) is 11.4 Å². The number of ether oxygens (including phenoxy) is 1. The van der Waals surface area contributed by atoms with Gasteiger partial charge in [0.2, 0.25) is 17.8 Å². The molecule has 1 aromatic heterocycles. The van der Waals surface area contributed by atoms with Crippen LogP contribution in [0.15, 0.2) is 84.9 Å². The van der Waals surface area contributed by atoms with Gasteiger partial charge in [-0.25, -0.2) is 9.37 Å². The number of benzene rings is 4. The fourth-order valence-corrected chi connectivity index (χ4v) is 6.25. The molecule has 2 N–H and O–H groups in total. The number of nitrogens with zero attached hydrogens (tertiary/aromatic N) is 4. The minimum Gasteiger partial charge on any atom is -0.492 e. The number of likely N-dealkylation sites (N-methyl/N-ethyl adjacent to an activating group) is 1. The van der Waals surface area contributed by atoms with Gasteiger partial charge in [-0.15, -0.1) is 0 Å². The van der Waals surface area contributed by atoms with E-state index < -0.39 is 53.1 Å². The number of fused-ring (bicyclic) bond motifs is 2. The summed E-state index contributed by atoms with van der Waals surface area (Å²) in [6.45, 7) is 0.481. The average Bonchev–Trinajstić information content (AvgIpc) is 3.60. The van der Waals surface area contributed by atoms with E-state index in [9.17, 15) is 41.5 Å². The van der Waals surface area contributed by atoms with Crippen molar-refractivity contribution in [1.82, 2.24) is 19.8 Å². The number of nitrogens with one attached hydrogen (secondary N) is 2. The molecule has 1 saturated heterocycles. The summed E-state index contributed by atoms with van der Waals surface area (Å²) in [5.74, 6) is -3.60. The van der Waals surface area contributed by atoms with E-state index in [1.165, 1.54) is 36.4 Å². The number of amides is 5. The molecule has 1 fully saturated rings. The fourth-order valence-electron chi connectivity index (χ4n) is 6.25. The van der Waals surface area contributed by atoms with Gasteiger partial charge in [0.25, 0.3) is 17.7 Å². The van der Waals surface area contributed by atoms with Crippen LogP contribution in [0.3, 0.4) is 0 Å². The Morgan fingerprint density at radius 1 is 0.963 bits per heavy atom. The second-order valence-electron chi connectivity index (χ2n) is 12.4. The van der Waals surface area contributed by atoms with E-state index in [2.05, 4.69) is 15.6 Å². The third-order valence-corrected chi connectivity index (χ3v) is 8.93. The maximum atomic E-state index is 14.2. The molecule has 1 atom stereocenters. The summed E-state index contributed by atoms with van der Waals surface area (Å²) in [6.07, 6.45) is -4.60. The highest BCUT2D eigenvalue weighted by atomic mass is 19.4. The second-order valence-corrected chi connectivity index (χ2v) is 12.4. The average molecular weight is 745 g/mol. The Labute approximate surface area is 305 Å². The number of alkyl halides is 3. The molecule has 0 saturated carbocycles. The molecule has 7 rings (SSSR count). The van der Waals surface area contributed by atoms with Crippen LogP contribution in [0.5, 0.6) is 5.75 Å². The number of piperidine rings is 1. The van der Waals surface area contributed by atoms with Gasteiger partial charge in [0.15, 0.2) is 0 Å². The summed E-state index contributed by atoms with van der Waals surface area (Å²) in [5.41, 5.74) is 0.801. The third kappa shape index (κ3) is 7.09. The van der Waals surface area contributed by atoms with Gasteiger partial charge in [-0.1, -0.05) is 19.6 Å². The number of anilines is 2. The van der Waals surface area contributed by atoms with E-state index in [-0.39, 0.29) is 55.0 Å². The molecule has 3 heterocycles. The largest absolute Gasteiger partial charge is 0.492 e. The van der Waals surface area contributed by atoms with Crippen LogP contribution in [0.25, 0.3) is 16.7 Å². The molecule has 2 aliphatic rings. The number of aromatic nitrogens is 2. The molecule has 0 spiro atoms. The lowest BCUT2D eigenvalue weighted by Crippen LogP contribution is -2.54. The van der Waals surface area contributed by atoms with Crippen molar-refractivity contribution in [2.24, 2.45) is 0 Å². The van der Waals surface area contributed by atoms with Gasteiger partial charge in [-0.2, -0.15) is 13.2 Å². The lowest BCUT2D eigenvalue weighted by Gasteiger charge is -2.27. The van der Waals surface area contributed by atoms with Crippen LogP contribution in [0.2, 0.25) is 0 Å². The van der Waals surface area contributed by atoms with Gasteiger partial charge in [0, 0.05) is 30.8 Å². The number of rotatable bonds is 9. The van der Waals surface area contributed by atoms with Gasteiger partial charge in [-0.3, -0.25) is 44.1 Å². The maximum absolute atomic E-state index is 14.2. The number of carbonyl (C=O) groups excluding carboxylic acids is 5. The van der Waals surface area contributed by atoms with Crippen LogP contribution in [-0.4, -0.2) is 70.2 Å². The number of carbonyl (C=O) groups is 5. The molecular formula is C38H32F4N6O6. The molecule has 5 amide bonds. The molecule has 54 heavy (non-hydrogen) atoms. The Hall–Kier alpha value is -6.58. The Bertz CT molecular complexity index is 2340. The van der Waals surface area contributed by atoms with Crippen LogP contribution in [0, 0.1) is 5.82 Å². The number of hydrogen-bond donors (Lipinski definition) is 2. The maximum Gasteiger partial charge on any atom is 0.416 e. The zero-order valence-corrected chi connectivity index (χ0v) is 27.7. The van der Waals surface area contributed by atoms with E-state index >= 15 is 0 Å². The Morgan fingerprint density at radius 2 is 1.72 bits per heavy atom. The molecule has 1 unspecified atom stereocenters. The first-order valence-corrected chi connectivity index (χ1v) is 16.2. The monoisotopic (exact) mass is 744 g/mol. The molecule has 5 aromatic rings. The molecule has 278 valence electrons. The van der Waals surface area contributed by atoms with Gasteiger partial charge in [0.1, 0.15) is 24.2 Å². The fraction of sp³-hybridized carbons (Fsp3) is 0.211. The van der Waals surface area contributed by atoms with Gasteiger partial charge in [-0.05, 0) is 73.2 Å². The van der Waals surface area contributed by atoms with Gasteiger partial charge < -0.3 is 9.64 Å². The van der Waals surface area contributed by atoms with Crippen LogP contribution in [0.1, 0.15) is 56.9 Å². The van der Waals surface area contributed by atoms with Crippen LogP contribution < -0.4 is 20.3 Å². The Balaban J connectivity index is 0.00000497. The van der Waals surface area contributed by atoms with Gasteiger partial charge >= 0.3 is 6.18 Å². The zero-order chi connectivity index (χ0) is 37.6. The summed E-state index contributed by atoms with van der Waals surface area (Å²) in [6, 6.07) is 18.2. The van der Waals surface area contributed by atoms with E-state index in [0.29, 0.717) is 29.2 Å². The summed E-state index contributed by atoms with van der Waals surface area (Å²) in [7, 11) is 1.79. The number of halogens is 4. The van der Waals surface area contributed by atoms with Gasteiger partial charge in [0.05, 0.1) is 40.0 Å². The van der Waals surface area contributed by atoms with Crippen LogP contribution >= 0.6 is 0 Å². The summed E-state index contributed by atoms with van der Waals surface area (Å²) >= 11 is 0. The third-order valence-electron chi connectivity index (χ3n) is 8.93. The minimum absolute atomic E-state index is 0. The van der Waals surface area contributed by atoms with Crippen molar-refractivity contribution < 1.29 is 46.3 Å². The SMILES string of the molecule is C.CN(CCOc1ccc2c(c1)C(=O)N(C1CCC(=O)NC1=O)C2=O)c1cccc(-n2c(NC(=O)c3cccc(C(F)(F)F)c3)nc3cc(F)ccc32)c1. The molecular weight excluding hydrogens is 712 g/mol. The molecule has 0 radical (unpaired) electrons. The second kappa shape index (κ2) is 14.4. The Morgan fingerprint density at radius 3 is 2.48 bits per heavy atom. The smallest absolute Gasteiger partial charge is 0.416 e. The summed E-state index contributed by atoms with van der Waals surface area (Å²) in [5, 5.41) is 4.73. The first-order chi connectivity index (χ1) is 25.3. The highest BCUT2D eigenvalue weighted by Crippen LogP contribution is 2.32. The lowest BCUT2D eigenvalue weighted by atomic mass is 10.0. The highest BCUT2D eigenvalue weighted by molar-refractivity contribution is 6.23. The summed E-state index contributed by atoms with van der Waals surface area (Å²) < 4.78 is 61.6. The molecule has 16 heteroatoms. The molecule has 0 bridgehead atoms. The van der Waals surface area contributed by atoms with Crippen molar-refractivity contribution in [3.05, 3.63) is 113 Å². The van der Waals surface area contributed by atoms with Crippen molar-refractivity contribution in [1.29, 1.82) is 0 Å². The standard InChI is InChI=1S/C37H28F4N6O6.CH4/c1-45(14-15-53-25-9-10-26-27(19-25)35(52)47(34(26)51)30-12-13-31(48)43-33(30)50)23-6-3-7-24(18-23)46-29-11-8-22(38)17-28(29)42-36(46)44-32(49)20-4-2-5-21(16-20)37(39,40)41;/h2-11,16-19,30H,12-15H2,1H3,(H,42,44,49)(H,43,48,50);1H4. The first kappa shape index (κ1) is 37.2. The number of hydrogen-bond acceptors (Lipinski definition) is 8. The van der Waals surface area contributed by atoms with Crippen molar-refractivity contribution in [2.75, 3.05) is 30.4 Å². The Kier molecular flexibility index (Phi) is 9.95. The van der Waals surface area contributed by atoms with Crippen molar-refractivity contribution >= 4 is 52.2 Å². The molecule has 0 aliphatic carbocycles. The zero-order valence-electron chi connectivity index (χ0n) is 27.7. The van der Waals surface area contributed by atoms with Crippen LogP contribution in [-0.2, 0) is 15.8 Å².